The van der Waals surface area contributed by atoms with E-state index in [1.807, 2.05) is 37.3 Å². The van der Waals surface area contributed by atoms with Crippen molar-refractivity contribution in [1.29, 1.82) is 0 Å². The van der Waals surface area contributed by atoms with Crippen LogP contribution in [-0.4, -0.2) is 11.0 Å². The van der Waals surface area contributed by atoms with Crippen LogP contribution in [0, 0.1) is 15.5 Å². The molecule has 1 aliphatic carbocycles. The third-order valence-corrected chi connectivity index (χ3v) is 2.96. The van der Waals surface area contributed by atoms with E-state index in [1.165, 1.54) is 0 Å². The molecule has 3 heteroatoms. The topological polar surface area (TPSA) is 43.1 Å². The molecule has 0 spiro atoms. The van der Waals surface area contributed by atoms with E-state index in [0.29, 0.717) is 12.8 Å². The van der Waals surface area contributed by atoms with Gasteiger partial charge < -0.3 is 0 Å². The molecule has 0 aromatic carbocycles. The van der Waals surface area contributed by atoms with Gasteiger partial charge in [0.05, 0.1) is 0 Å². The summed E-state index contributed by atoms with van der Waals surface area (Å²) in [5.74, 6) is 0. The molecule has 0 saturated heterocycles. The van der Waals surface area contributed by atoms with E-state index in [2.05, 4.69) is 6.58 Å². The monoisotopic (exact) mass is 207 g/mol. The van der Waals surface area contributed by atoms with E-state index < -0.39 is 6.04 Å². The SMILES string of the molecule is C=CC1(CC(CC)[N+](=O)[O-])C=CC=CC1. The Bertz CT molecular complexity index is 307. The molecule has 1 rings (SSSR count). The van der Waals surface area contributed by atoms with Gasteiger partial charge in [-0.3, -0.25) is 10.1 Å². The highest BCUT2D eigenvalue weighted by atomic mass is 16.6. The summed E-state index contributed by atoms with van der Waals surface area (Å²) in [6.07, 6.45) is 11.7. The van der Waals surface area contributed by atoms with Gasteiger partial charge in [0.25, 0.3) is 0 Å². The maximum absolute atomic E-state index is 10.8. The van der Waals surface area contributed by atoms with E-state index >= 15 is 0 Å². The minimum Gasteiger partial charge on any atom is -0.264 e. The van der Waals surface area contributed by atoms with Gasteiger partial charge in [-0.1, -0.05) is 37.3 Å². The van der Waals surface area contributed by atoms with Crippen LogP contribution in [0.1, 0.15) is 26.2 Å². The van der Waals surface area contributed by atoms with E-state index in [-0.39, 0.29) is 10.3 Å². The molecule has 0 N–H and O–H groups in total. The molecule has 0 aliphatic heterocycles. The summed E-state index contributed by atoms with van der Waals surface area (Å²) in [5, 5.41) is 10.8. The van der Waals surface area contributed by atoms with E-state index in [0.717, 1.165) is 6.42 Å². The van der Waals surface area contributed by atoms with Gasteiger partial charge in [-0.25, -0.2) is 0 Å². The summed E-state index contributed by atoms with van der Waals surface area (Å²) in [4.78, 5) is 10.6. The van der Waals surface area contributed by atoms with Crippen molar-refractivity contribution in [3.05, 3.63) is 47.1 Å². The highest BCUT2D eigenvalue weighted by Gasteiger charge is 2.32. The molecule has 3 nitrogen and oxygen atoms in total. The third-order valence-electron chi connectivity index (χ3n) is 2.96. The van der Waals surface area contributed by atoms with Crippen LogP contribution in [0.2, 0.25) is 0 Å². The Morgan fingerprint density at radius 1 is 1.67 bits per heavy atom. The van der Waals surface area contributed by atoms with Crippen LogP contribution >= 0.6 is 0 Å². The van der Waals surface area contributed by atoms with E-state index in [1.54, 1.807) is 0 Å². The summed E-state index contributed by atoms with van der Waals surface area (Å²) in [6, 6.07) is -0.473. The van der Waals surface area contributed by atoms with Crippen LogP contribution in [0.4, 0.5) is 0 Å². The molecular weight excluding hydrogens is 190 g/mol. The van der Waals surface area contributed by atoms with E-state index in [9.17, 15) is 10.1 Å². The third kappa shape index (κ3) is 2.78. The Balaban J connectivity index is 2.76. The van der Waals surface area contributed by atoms with Gasteiger partial charge in [-0.15, -0.1) is 6.58 Å². The molecular formula is C12H17NO2. The van der Waals surface area contributed by atoms with Gasteiger partial charge >= 0.3 is 0 Å². The number of hydrogen-bond donors (Lipinski definition) is 0. The predicted octanol–water partition coefficient (Wildman–Crippen LogP) is 3.12. The van der Waals surface area contributed by atoms with Crippen molar-refractivity contribution in [2.75, 3.05) is 0 Å². The van der Waals surface area contributed by atoms with Gasteiger partial charge in [0.2, 0.25) is 6.04 Å². The van der Waals surface area contributed by atoms with Crippen molar-refractivity contribution >= 4 is 0 Å². The fourth-order valence-electron chi connectivity index (χ4n) is 1.87. The second-order valence-electron chi connectivity index (χ2n) is 3.98. The van der Waals surface area contributed by atoms with Crippen molar-refractivity contribution in [2.24, 2.45) is 5.41 Å². The molecule has 0 fully saturated rings. The average Bonchev–Trinajstić information content (AvgIpc) is 2.27. The molecule has 0 radical (unpaired) electrons. The molecule has 0 bridgehead atoms. The van der Waals surface area contributed by atoms with Crippen LogP contribution in [0.25, 0.3) is 0 Å². The first-order valence-electron chi connectivity index (χ1n) is 5.25. The Kier molecular flexibility index (Phi) is 3.83. The van der Waals surface area contributed by atoms with Crippen molar-refractivity contribution in [1.82, 2.24) is 0 Å². The van der Waals surface area contributed by atoms with Crippen LogP contribution in [0.15, 0.2) is 37.0 Å². The smallest absolute Gasteiger partial charge is 0.214 e. The number of nitrogens with zero attached hydrogens (tertiary/aromatic N) is 1. The lowest BCUT2D eigenvalue weighted by molar-refractivity contribution is -0.525. The highest BCUT2D eigenvalue weighted by molar-refractivity contribution is 5.21. The van der Waals surface area contributed by atoms with Crippen LogP contribution in [0.5, 0.6) is 0 Å². The number of rotatable bonds is 5. The fourth-order valence-corrected chi connectivity index (χ4v) is 1.87. The molecule has 0 heterocycles. The van der Waals surface area contributed by atoms with Crippen LogP contribution in [0.3, 0.4) is 0 Å². The minimum absolute atomic E-state index is 0.183. The Morgan fingerprint density at radius 2 is 2.40 bits per heavy atom. The lowest BCUT2D eigenvalue weighted by Crippen LogP contribution is -2.28. The zero-order valence-corrected chi connectivity index (χ0v) is 9.06. The van der Waals surface area contributed by atoms with Crippen LogP contribution in [-0.2, 0) is 0 Å². The first kappa shape index (κ1) is 11.7. The zero-order valence-electron chi connectivity index (χ0n) is 9.06. The van der Waals surface area contributed by atoms with Gasteiger partial charge in [-0.2, -0.15) is 0 Å². The van der Waals surface area contributed by atoms with Crippen molar-refractivity contribution in [3.63, 3.8) is 0 Å². The average molecular weight is 207 g/mol. The fraction of sp³-hybridized carbons (Fsp3) is 0.500. The van der Waals surface area contributed by atoms with Gasteiger partial charge in [0.15, 0.2) is 0 Å². The zero-order chi connectivity index (χ0) is 11.3. The molecule has 2 unspecified atom stereocenters. The number of hydrogen-bond acceptors (Lipinski definition) is 2. The van der Waals surface area contributed by atoms with Crippen molar-refractivity contribution in [2.45, 2.75) is 32.2 Å². The maximum Gasteiger partial charge on any atom is 0.214 e. The molecule has 15 heavy (non-hydrogen) atoms. The van der Waals surface area contributed by atoms with Gasteiger partial charge in [-0.05, 0) is 6.42 Å². The molecule has 0 aromatic rings. The minimum atomic E-state index is -0.473. The Hall–Kier alpha value is -1.38. The second-order valence-corrected chi connectivity index (χ2v) is 3.98. The summed E-state index contributed by atoms with van der Waals surface area (Å²) >= 11 is 0. The normalized spacial score (nSPS) is 26.2. The lowest BCUT2D eigenvalue weighted by Gasteiger charge is -2.28. The Morgan fingerprint density at radius 3 is 2.80 bits per heavy atom. The van der Waals surface area contributed by atoms with Crippen LogP contribution < -0.4 is 0 Å². The first-order valence-corrected chi connectivity index (χ1v) is 5.25. The Labute approximate surface area is 90.3 Å². The summed E-state index contributed by atoms with van der Waals surface area (Å²) in [5.41, 5.74) is -0.220. The summed E-state index contributed by atoms with van der Waals surface area (Å²) in [6.45, 7) is 5.65. The summed E-state index contributed by atoms with van der Waals surface area (Å²) < 4.78 is 0. The van der Waals surface area contributed by atoms with Crippen molar-refractivity contribution in [3.8, 4) is 0 Å². The predicted molar refractivity (Wildman–Crippen MR) is 61.2 cm³/mol. The second kappa shape index (κ2) is 4.91. The quantitative estimate of drug-likeness (QED) is 0.395. The van der Waals surface area contributed by atoms with Gasteiger partial charge in [0.1, 0.15) is 0 Å². The van der Waals surface area contributed by atoms with Gasteiger partial charge in [0, 0.05) is 23.2 Å². The highest BCUT2D eigenvalue weighted by Crippen LogP contribution is 2.35. The molecule has 0 amide bonds. The molecule has 2 atom stereocenters. The standard InChI is InChI=1S/C12H17NO2/c1-3-11(13(14)15)10-12(4-2)8-6-5-7-9-12/h4-8,11H,2-3,9-10H2,1H3. The summed E-state index contributed by atoms with van der Waals surface area (Å²) in [7, 11) is 0. The molecule has 0 saturated carbocycles. The number of allylic oxidation sites excluding steroid dienone is 5. The molecule has 1 aliphatic rings. The number of nitro groups is 1. The largest absolute Gasteiger partial charge is 0.264 e. The first-order chi connectivity index (χ1) is 7.13. The van der Waals surface area contributed by atoms with E-state index in [4.69, 9.17) is 0 Å². The maximum atomic E-state index is 10.8. The van der Waals surface area contributed by atoms with Crippen molar-refractivity contribution < 1.29 is 4.92 Å². The lowest BCUT2D eigenvalue weighted by atomic mass is 9.76. The molecule has 82 valence electrons. The molecule has 0 aromatic heterocycles.